The van der Waals surface area contributed by atoms with Crippen LogP contribution in [0, 0.1) is 0 Å². The van der Waals surface area contributed by atoms with Gasteiger partial charge in [0, 0.05) is 25.4 Å². The first-order valence-corrected chi connectivity index (χ1v) is 8.18. The number of amides is 2. The van der Waals surface area contributed by atoms with Gasteiger partial charge in [-0.15, -0.1) is 0 Å². The van der Waals surface area contributed by atoms with Crippen LogP contribution in [0.25, 0.3) is 16.5 Å². The van der Waals surface area contributed by atoms with Crippen molar-refractivity contribution in [2.75, 3.05) is 13.1 Å². The van der Waals surface area contributed by atoms with Crippen LogP contribution in [0.3, 0.4) is 0 Å². The van der Waals surface area contributed by atoms with Crippen LogP contribution in [0.1, 0.15) is 17.4 Å². The van der Waals surface area contributed by atoms with Gasteiger partial charge < -0.3 is 10.6 Å². The van der Waals surface area contributed by atoms with E-state index in [0.717, 1.165) is 0 Å². The summed E-state index contributed by atoms with van der Waals surface area (Å²) >= 11 is 0. The number of aromatic nitrogens is 2. The number of benzene rings is 2. The second-order valence-corrected chi connectivity index (χ2v) is 5.69. The molecule has 0 aliphatic carbocycles. The Morgan fingerprint density at radius 1 is 0.923 bits per heavy atom. The Kier molecular flexibility index (Phi) is 5.07. The summed E-state index contributed by atoms with van der Waals surface area (Å²) in [6.07, 6.45) is 0. The summed E-state index contributed by atoms with van der Waals surface area (Å²) in [5.74, 6) is -0.573. The van der Waals surface area contributed by atoms with E-state index >= 15 is 0 Å². The topological polar surface area (TPSA) is 93.1 Å². The van der Waals surface area contributed by atoms with E-state index in [1.54, 1.807) is 48.5 Å². The Bertz CT molecular complexity index is 1010. The number of fused-ring (bicyclic) bond motifs is 1. The Labute approximate surface area is 149 Å². The molecule has 1 heterocycles. The molecular weight excluding hydrogens is 332 g/mol. The van der Waals surface area contributed by atoms with Crippen molar-refractivity contribution in [3.8, 4) is 5.69 Å². The molecule has 0 atom stereocenters. The average Bonchev–Trinajstić information content (AvgIpc) is 2.66. The van der Waals surface area contributed by atoms with E-state index in [1.807, 2.05) is 6.07 Å². The van der Waals surface area contributed by atoms with Gasteiger partial charge in [0.15, 0.2) is 5.69 Å². The van der Waals surface area contributed by atoms with Crippen molar-refractivity contribution in [2.24, 2.45) is 0 Å². The van der Waals surface area contributed by atoms with Crippen molar-refractivity contribution in [1.29, 1.82) is 0 Å². The predicted octanol–water partition coefficient (Wildman–Crippen LogP) is 1.25. The monoisotopic (exact) mass is 350 g/mol. The molecule has 2 aromatic carbocycles. The van der Waals surface area contributed by atoms with Crippen molar-refractivity contribution < 1.29 is 9.59 Å². The van der Waals surface area contributed by atoms with E-state index in [9.17, 15) is 14.4 Å². The minimum atomic E-state index is -0.406. The molecule has 1 aromatic heterocycles. The fourth-order valence-electron chi connectivity index (χ4n) is 2.60. The largest absolute Gasteiger partial charge is 0.355 e. The first kappa shape index (κ1) is 17.3. The van der Waals surface area contributed by atoms with Crippen molar-refractivity contribution in [1.82, 2.24) is 20.4 Å². The zero-order valence-electron chi connectivity index (χ0n) is 14.2. The minimum absolute atomic E-state index is 0.159. The summed E-state index contributed by atoms with van der Waals surface area (Å²) < 4.78 is 1.23. The van der Waals surface area contributed by atoms with Crippen LogP contribution in [0.5, 0.6) is 0 Å². The molecule has 0 bridgehead atoms. The zero-order valence-corrected chi connectivity index (χ0v) is 14.2. The van der Waals surface area contributed by atoms with E-state index in [-0.39, 0.29) is 23.7 Å². The van der Waals surface area contributed by atoms with Gasteiger partial charge in [-0.25, -0.2) is 0 Å². The molecule has 3 rings (SSSR count). The van der Waals surface area contributed by atoms with Crippen LogP contribution in [-0.4, -0.2) is 34.7 Å². The highest BCUT2D eigenvalue weighted by Gasteiger charge is 2.17. The van der Waals surface area contributed by atoms with Gasteiger partial charge in [-0.1, -0.05) is 36.4 Å². The van der Waals surface area contributed by atoms with Gasteiger partial charge in [0.25, 0.3) is 11.5 Å². The molecule has 7 heteroatoms. The van der Waals surface area contributed by atoms with Crippen LogP contribution in [-0.2, 0) is 4.79 Å². The molecule has 2 N–H and O–H groups in total. The summed E-state index contributed by atoms with van der Waals surface area (Å²) in [5, 5.41) is 10.5. The molecule has 7 nitrogen and oxygen atoms in total. The normalized spacial score (nSPS) is 10.5. The van der Waals surface area contributed by atoms with Crippen LogP contribution in [0.2, 0.25) is 0 Å². The molecule has 0 radical (unpaired) electrons. The zero-order chi connectivity index (χ0) is 18.5. The smallest absolute Gasteiger partial charge is 0.279 e. The molecule has 132 valence electrons. The maximum atomic E-state index is 12.8. The third-order valence-corrected chi connectivity index (χ3v) is 3.81. The second-order valence-electron chi connectivity index (χ2n) is 5.69. The Hall–Kier alpha value is -3.48. The number of para-hydroxylation sites is 1. The molecule has 26 heavy (non-hydrogen) atoms. The van der Waals surface area contributed by atoms with Crippen molar-refractivity contribution in [3.05, 3.63) is 70.6 Å². The number of carbonyl (C=O) groups excluding carboxylic acids is 2. The van der Waals surface area contributed by atoms with Crippen LogP contribution in [0.4, 0.5) is 0 Å². The molecule has 0 fully saturated rings. The van der Waals surface area contributed by atoms with Gasteiger partial charge in [0.2, 0.25) is 5.91 Å². The van der Waals surface area contributed by atoms with Crippen LogP contribution >= 0.6 is 0 Å². The number of carbonyl (C=O) groups is 2. The van der Waals surface area contributed by atoms with Gasteiger partial charge in [-0.3, -0.25) is 14.4 Å². The lowest BCUT2D eigenvalue weighted by Gasteiger charge is -2.11. The molecule has 0 saturated heterocycles. The van der Waals surface area contributed by atoms with E-state index in [0.29, 0.717) is 23.0 Å². The van der Waals surface area contributed by atoms with E-state index < -0.39 is 5.91 Å². The van der Waals surface area contributed by atoms with Gasteiger partial charge in [0.1, 0.15) is 0 Å². The van der Waals surface area contributed by atoms with E-state index in [4.69, 9.17) is 0 Å². The highest BCUT2D eigenvalue weighted by molar-refractivity contribution is 6.04. The molecule has 2 amide bonds. The fourth-order valence-corrected chi connectivity index (χ4v) is 2.60. The number of hydrogen-bond acceptors (Lipinski definition) is 4. The Morgan fingerprint density at radius 2 is 1.54 bits per heavy atom. The van der Waals surface area contributed by atoms with E-state index in [2.05, 4.69) is 15.7 Å². The summed E-state index contributed by atoms with van der Waals surface area (Å²) in [6.45, 7) is 1.99. The number of rotatable bonds is 5. The number of hydrogen-bond donors (Lipinski definition) is 2. The standard InChI is InChI=1S/C19H18N4O3/c1-13(24)20-11-12-21-18(25)17-15-9-5-6-10-16(15)19(26)23(22-17)14-7-3-2-4-8-14/h2-10H,11-12H2,1H3,(H,20,24)(H,21,25). The van der Waals surface area contributed by atoms with Crippen molar-refractivity contribution in [3.63, 3.8) is 0 Å². The molecule has 0 unspecified atom stereocenters. The van der Waals surface area contributed by atoms with Crippen LogP contribution < -0.4 is 16.2 Å². The maximum Gasteiger partial charge on any atom is 0.279 e. The van der Waals surface area contributed by atoms with Crippen LogP contribution in [0.15, 0.2) is 59.4 Å². The second kappa shape index (κ2) is 7.60. The van der Waals surface area contributed by atoms with Gasteiger partial charge >= 0.3 is 0 Å². The lowest BCUT2D eigenvalue weighted by Crippen LogP contribution is -2.35. The Balaban J connectivity index is 2.01. The number of nitrogens with zero attached hydrogens (tertiary/aromatic N) is 2. The van der Waals surface area contributed by atoms with Crippen molar-refractivity contribution in [2.45, 2.75) is 6.92 Å². The molecular formula is C19H18N4O3. The third kappa shape index (κ3) is 3.61. The van der Waals surface area contributed by atoms with Gasteiger partial charge in [0.05, 0.1) is 11.1 Å². The van der Waals surface area contributed by atoms with Gasteiger partial charge in [-0.2, -0.15) is 9.78 Å². The highest BCUT2D eigenvalue weighted by Crippen LogP contribution is 2.15. The SMILES string of the molecule is CC(=O)NCCNC(=O)c1nn(-c2ccccc2)c(=O)c2ccccc12. The summed E-state index contributed by atoms with van der Waals surface area (Å²) in [4.78, 5) is 36.3. The maximum absolute atomic E-state index is 12.8. The molecule has 0 aliphatic heterocycles. The fraction of sp³-hybridized carbons (Fsp3) is 0.158. The molecule has 3 aromatic rings. The summed E-state index contributed by atoms with van der Waals surface area (Å²) in [6, 6.07) is 15.8. The predicted molar refractivity (Wildman–Crippen MR) is 98.4 cm³/mol. The summed E-state index contributed by atoms with van der Waals surface area (Å²) in [7, 11) is 0. The van der Waals surface area contributed by atoms with E-state index in [1.165, 1.54) is 11.6 Å². The molecule has 0 aliphatic rings. The third-order valence-electron chi connectivity index (χ3n) is 3.81. The quantitative estimate of drug-likeness (QED) is 0.677. The minimum Gasteiger partial charge on any atom is -0.355 e. The Morgan fingerprint density at radius 3 is 2.23 bits per heavy atom. The first-order valence-electron chi connectivity index (χ1n) is 8.18. The lowest BCUT2D eigenvalue weighted by molar-refractivity contribution is -0.118. The average molecular weight is 350 g/mol. The first-order chi connectivity index (χ1) is 12.6. The molecule has 0 spiro atoms. The van der Waals surface area contributed by atoms with Gasteiger partial charge in [-0.05, 0) is 18.2 Å². The summed E-state index contributed by atoms with van der Waals surface area (Å²) in [5.41, 5.74) is 0.448. The highest BCUT2D eigenvalue weighted by atomic mass is 16.2. The number of nitrogens with one attached hydrogen (secondary N) is 2. The lowest BCUT2D eigenvalue weighted by atomic mass is 10.1. The van der Waals surface area contributed by atoms with Crippen molar-refractivity contribution >= 4 is 22.6 Å². The molecule has 0 saturated carbocycles.